The fourth-order valence-corrected chi connectivity index (χ4v) is 26.2. The molecule has 75 heavy (non-hydrogen) atoms. The molecular weight excluding hydrogens is 939 g/mol. The van der Waals surface area contributed by atoms with Crippen LogP contribution in [0.3, 0.4) is 0 Å². The number of nitrogens with zero attached hydrogens (tertiary/aromatic N) is 1. The molecule has 0 bridgehead atoms. The lowest BCUT2D eigenvalue weighted by molar-refractivity contribution is 0.487. The second-order valence-corrected chi connectivity index (χ2v) is 27.6. The Morgan fingerprint density at radius 1 is 0.307 bits per heavy atom. The molecule has 12 aromatic rings. The standard InChI is InChI=1S/C71H49NOSi2/c1-4-25-51(26-5-1)71(60-34-14-12-32-58(60)59-33-13-15-35-61(59)71)52-43-45-53(46-44-52)72(62-36-22-24-50-23-10-11-31-57(50)62)54-47-48-64-70(49-54)75(65-38-17-16-37-63(65)73-64)68-41-20-18-39-66(68)74(55-27-6-2-7-28-55,56-29-8-3-9-30-56)67-40-19-21-42-69(67)75/h1-49H. The third kappa shape index (κ3) is 6.06. The summed E-state index contributed by atoms with van der Waals surface area (Å²) in [4.78, 5) is 2.49. The summed E-state index contributed by atoms with van der Waals surface area (Å²) < 4.78 is 7.18. The van der Waals surface area contributed by atoms with Crippen LogP contribution in [0.5, 0.6) is 11.5 Å². The van der Waals surface area contributed by atoms with Crippen LogP contribution in [0.4, 0.5) is 17.1 Å². The first-order chi connectivity index (χ1) is 37.2. The Hall–Kier alpha value is -9.07. The number of fused-ring (bicyclic) bond motifs is 12. The second kappa shape index (κ2) is 17.0. The van der Waals surface area contributed by atoms with Crippen molar-refractivity contribution in [2.24, 2.45) is 0 Å². The number of para-hydroxylation sites is 1. The predicted molar refractivity (Wildman–Crippen MR) is 317 cm³/mol. The van der Waals surface area contributed by atoms with Crippen molar-refractivity contribution in [2.45, 2.75) is 5.41 Å². The van der Waals surface area contributed by atoms with Crippen LogP contribution in [0.2, 0.25) is 0 Å². The highest BCUT2D eigenvalue weighted by Gasteiger charge is 2.59. The van der Waals surface area contributed by atoms with Gasteiger partial charge in [-0.05, 0) is 123 Å². The first-order valence-corrected chi connectivity index (χ1v) is 30.1. The van der Waals surface area contributed by atoms with Crippen LogP contribution >= 0.6 is 0 Å². The molecule has 0 aromatic heterocycles. The van der Waals surface area contributed by atoms with E-state index < -0.39 is 21.6 Å². The van der Waals surface area contributed by atoms with Crippen molar-refractivity contribution in [2.75, 3.05) is 4.90 Å². The van der Waals surface area contributed by atoms with E-state index in [1.54, 1.807) is 0 Å². The monoisotopic (exact) mass is 987 g/mol. The zero-order valence-corrected chi connectivity index (χ0v) is 43.1. The van der Waals surface area contributed by atoms with Gasteiger partial charge in [-0.1, -0.05) is 255 Å². The summed E-state index contributed by atoms with van der Waals surface area (Å²) in [6.45, 7) is 0. The fraction of sp³-hybridized carbons (Fsp3) is 0.0141. The highest BCUT2D eigenvalue weighted by Crippen LogP contribution is 2.56. The lowest BCUT2D eigenvalue weighted by Crippen LogP contribution is -2.93. The molecule has 352 valence electrons. The Morgan fingerprint density at radius 2 is 0.760 bits per heavy atom. The van der Waals surface area contributed by atoms with Gasteiger partial charge in [-0.2, -0.15) is 0 Å². The summed E-state index contributed by atoms with van der Waals surface area (Å²) in [6.07, 6.45) is 0. The summed E-state index contributed by atoms with van der Waals surface area (Å²) in [7, 11) is -6.11. The molecule has 0 N–H and O–H groups in total. The first-order valence-electron chi connectivity index (χ1n) is 26.1. The van der Waals surface area contributed by atoms with Crippen LogP contribution in [0.15, 0.2) is 297 Å². The molecule has 12 aromatic carbocycles. The van der Waals surface area contributed by atoms with Gasteiger partial charge in [0.25, 0.3) is 0 Å². The average molecular weight is 988 g/mol. The number of ether oxygens (including phenoxy) is 1. The highest BCUT2D eigenvalue weighted by molar-refractivity contribution is 7.33. The maximum atomic E-state index is 7.18. The lowest BCUT2D eigenvalue weighted by atomic mass is 9.68. The van der Waals surface area contributed by atoms with E-state index in [1.807, 2.05) is 0 Å². The van der Waals surface area contributed by atoms with Crippen molar-refractivity contribution in [3.63, 3.8) is 0 Å². The van der Waals surface area contributed by atoms with E-state index in [2.05, 4.69) is 302 Å². The fourth-order valence-electron chi connectivity index (χ4n) is 13.9. The Balaban J connectivity index is 0.995. The third-order valence-corrected chi connectivity index (χ3v) is 27.0. The van der Waals surface area contributed by atoms with E-state index in [4.69, 9.17) is 4.74 Å². The van der Waals surface area contributed by atoms with Gasteiger partial charge in [0.1, 0.15) is 11.5 Å². The molecule has 0 unspecified atom stereocenters. The van der Waals surface area contributed by atoms with Crippen LogP contribution in [0, 0.1) is 0 Å². The zero-order chi connectivity index (χ0) is 49.6. The molecule has 3 aliphatic rings. The topological polar surface area (TPSA) is 12.5 Å². The van der Waals surface area contributed by atoms with Crippen LogP contribution in [-0.4, -0.2) is 16.1 Å². The number of anilines is 3. The maximum absolute atomic E-state index is 7.18. The van der Waals surface area contributed by atoms with Crippen molar-refractivity contribution in [3.8, 4) is 22.6 Å². The molecule has 1 spiro atoms. The molecule has 0 amide bonds. The molecule has 0 atom stereocenters. The van der Waals surface area contributed by atoms with Crippen molar-refractivity contribution in [1.82, 2.24) is 0 Å². The predicted octanol–water partition coefficient (Wildman–Crippen LogP) is 11.8. The Labute approximate surface area is 440 Å². The van der Waals surface area contributed by atoms with E-state index in [1.165, 1.54) is 85.6 Å². The van der Waals surface area contributed by atoms with E-state index in [-0.39, 0.29) is 0 Å². The van der Waals surface area contributed by atoms with E-state index in [0.29, 0.717) is 0 Å². The summed E-state index contributed by atoms with van der Waals surface area (Å²) in [5.41, 5.74) is 10.4. The number of hydrogen-bond donors (Lipinski definition) is 0. The quantitative estimate of drug-likeness (QED) is 0.148. The summed E-state index contributed by atoms with van der Waals surface area (Å²) in [5.74, 6) is 1.85. The van der Waals surface area contributed by atoms with E-state index in [0.717, 1.165) is 28.6 Å². The van der Waals surface area contributed by atoms with Crippen molar-refractivity contribution in [1.29, 1.82) is 0 Å². The van der Waals surface area contributed by atoms with Crippen LogP contribution in [0.25, 0.3) is 21.9 Å². The number of benzene rings is 12. The second-order valence-electron chi connectivity index (χ2n) is 20.2. The molecule has 2 nitrogen and oxygen atoms in total. The summed E-state index contributed by atoms with van der Waals surface area (Å²) in [6, 6.07) is 112. The van der Waals surface area contributed by atoms with Crippen molar-refractivity contribution in [3.05, 3.63) is 320 Å². The van der Waals surface area contributed by atoms with Gasteiger partial charge in [0.05, 0.1) is 11.1 Å². The van der Waals surface area contributed by atoms with Gasteiger partial charge in [-0.15, -0.1) is 0 Å². The molecule has 2 aliphatic heterocycles. The maximum Gasteiger partial charge on any atom is 0.188 e. The minimum atomic E-state index is -3.20. The number of rotatable bonds is 7. The molecule has 2 heterocycles. The first kappa shape index (κ1) is 43.5. The van der Waals surface area contributed by atoms with Crippen LogP contribution < -0.4 is 51.1 Å². The molecule has 15 rings (SSSR count). The van der Waals surface area contributed by atoms with Gasteiger partial charge in [-0.25, -0.2) is 0 Å². The SMILES string of the molecule is c1ccc(C2(c3ccc(N(c4ccc5c(c4)[Si]4(c6ccccc6O5)c5ccccc5[Si](c5ccccc5)(c5ccccc5)c5ccccc54)c4cccc5ccccc45)cc3)c3ccccc3-c3ccccc32)cc1. The Bertz CT molecular complexity index is 4030. The summed E-state index contributed by atoms with van der Waals surface area (Å²) >= 11 is 0. The Morgan fingerprint density at radius 3 is 1.39 bits per heavy atom. The number of hydrogen-bond acceptors (Lipinski definition) is 2. The van der Waals surface area contributed by atoms with Crippen molar-refractivity contribution >= 4 is 85.5 Å². The molecule has 4 heteroatoms. The zero-order valence-electron chi connectivity index (χ0n) is 41.1. The summed E-state index contributed by atoms with van der Waals surface area (Å²) in [5, 5.41) is 13.5. The molecule has 0 saturated heterocycles. The van der Waals surface area contributed by atoms with E-state index >= 15 is 0 Å². The van der Waals surface area contributed by atoms with Gasteiger partial charge in [0, 0.05) is 16.8 Å². The third-order valence-electron chi connectivity index (χ3n) is 16.7. The van der Waals surface area contributed by atoms with Gasteiger partial charge in [0.15, 0.2) is 16.1 Å². The van der Waals surface area contributed by atoms with Crippen molar-refractivity contribution < 1.29 is 4.74 Å². The van der Waals surface area contributed by atoms with Gasteiger partial charge in [-0.3, -0.25) is 0 Å². The van der Waals surface area contributed by atoms with Gasteiger partial charge in [0.2, 0.25) is 0 Å². The molecule has 0 radical (unpaired) electrons. The minimum absolute atomic E-state index is 0.508. The molecular formula is C71H49NOSi2. The highest BCUT2D eigenvalue weighted by atomic mass is 28.3. The van der Waals surface area contributed by atoms with E-state index in [9.17, 15) is 0 Å². The van der Waals surface area contributed by atoms with Gasteiger partial charge < -0.3 is 9.64 Å². The van der Waals surface area contributed by atoms with Crippen LogP contribution in [-0.2, 0) is 5.41 Å². The molecule has 0 saturated carbocycles. The largest absolute Gasteiger partial charge is 0.458 e. The normalized spacial score (nSPS) is 14.6. The Kier molecular flexibility index (Phi) is 9.87. The molecule has 0 fully saturated rings. The lowest BCUT2D eigenvalue weighted by Gasteiger charge is -2.50. The molecule has 1 aliphatic carbocycles. The minimum Gasteiger partial charge on any atom is -0.458 e. The smallest absolute Gasteiger partial charge is 0.188 e. The van der Waals surface area contributed by atoms with Crippen LogP contribution in [0.1, 0.15) is 22.3 Å². The average Bonchev–Trinajstić information content (AvgIpc) is 3.82. The van der Waals surface area contributed by atoms with Gasteiger partial charge >= 0.3 is 0 Å².